The number of nitrogens with one attached hydrogen (secondary N) is 1. The van der Waals surface area contributed by atoms with Crippen LogP contribution in [0.4, 0.5) is 10.6 Å². The molecular weight excluding hydrogens is 320 g/mol. The number of carboxylic acid groups (broad SMARTS) is 1. The zero-order valence-electron chi connectivity index (χ0n) is 14.5. The second-order valence-electron chi connectivity index (χ2n) is 6.85. The molecule has 0 spiro atoms. The quantitative estimate of drug-likeness (QED) is 0.872. The van der Waals surface area contributed by atoms with Crippen LogP contribution in [0.5, 0.6) is 0 Å². The molecule has 2 saturated heterocycles. The summed E-state index contributed by atoms with van der Waals surface area (Å²) in [5.41, 5.74) is 1.01. The van der Waals surface area contributed by atoms with Gasteiger partial charge in [-0.3, -0.25) is 4.79 Å². The van der Waals surface area contributed by atoms with Crippen molar-refractivity contribution >= 4 is 17.8 Å². The zero-order chi connectivity index (χ0) is 17.6. The summed E-state index contributed by atoms with van der Waals surface area (Å²) in [5.74, 6) is -0.306. The number of anilines is 1. The van der Waals surface area contributed by atoms with Crippen molar-refractivity contribution in [2.75, 3.05) is 31.1 Å². The van der Waals surface area contributed by atoms with Gasteiger partial charge in [0.05, 0.1) is 5.92 Å². The standard InChI is InChI=1S/C18H26N4O3/c23-17(24)15-5-4-10-22(13-15)18(25)20-12-14-6-7-19-16(11-14)21-8-2-1-3-9-21/h6-7,11,15H,1-5,8-10,12-13H2,(H,20,25)(H,23,24). The SMILES string of the molecule is O=C(O)C1CCCN(C(=O)NCc2ccnc(N3CCCCC3)c2)C1. The highest BCUT2D eigenvalue weighted by Gasteiger charge is 2.27. The van der Waals surface area contributed by atoms with Crippen LogP contribution in [0, 0.1) is 5.92 Å². The summed E-state index contributed by atoms with van der Waals surface area (Å²) in [6.07, 6.45) is 6.83. The predicted octanol–water partition coefficient (Wildman–Crippen LogP) is 2.08. The van der Waals surface area contributed by atoms with Crippen molar-refractivity contribution in [1.29, 1.82) is 0 Å². The minimum Gasteiger partial charge on any atom is -0.481 e. The molecule has 2 fully saturated rings. The summed E-state index contributed by atoms with van der Waals surface area (Å²) < 4.78 is 0. The number of urea groups is 1. The van der Waals surface area contributed by atoms with Gasteiger partial charge in [0.25, 0.3) is 0 Å². The van der Waals surface area contributed by atoms with Crippen LogP contribution in [-0.4, -0.2) is 53.2 Å². The molecule has 0 aromatic carbocycles. The van der Waals surface area contributed by atoms with Gasteiger partial charge in [-0.25, -0.2) is 9.78 Å². The molecule has 7 heteroatoms. The van der Waals surface area contributed by atoms with Crippen LogP contribution in [0.25, 0.3) is 0 Å². The average molecular weight is 346 g/mol. The first kappa shape index (κ1) is 17.5. The number of carbonyl (C=O) groups excluding carboxylic acids is 1. The normalized spacial score (nSPS) is 21.0. The van der Waals surface area contributed by atoms with E-state index in [1.807, 2.05) is 12.1 Å². The molecule has 1 atom stereocenters. The lowest BCUT2D eigenvalue weighted by Crippen LogP contribution is -2.46. The number of nitrogens with zero attached hydrogens (tertiary/aromatic N) is 3. The summed E-state index contributed by atoms with van der Waals surface area (Å²) in [5, 5.41) is 12.0. The third kappa shape index (κ3) is 4.61. The highest BCUT2D eigenvalue weighted by atomic mass is 16.4. The first-order valence-corrected chi connectivity index (χ1v) is 9.09. The molecule has 7 nitrogen and oxygen atoms in total. The number of likely N-dealkylation sites (tertiary alicyclic amines) is 1. The largest absolute Gasteiger partial charge is 0.481 e. The van der Waals surface area contributed by atoms with Gasteiger partial charge >= 0.3 is 12.0 Å². The third-order valence-electron chi connectivity index (χ3n) is 4.99. The Morgan fingerprint density at radius 3 is 2.76 bits per heavy atom. The molecule has 0 saturated carbocycles. The Bertz CT molecular complexity index is 616. The van der Waals surface area contributed by atoms with Crippen LogP contribution in [0.15, 0.2) is 18.3 Å². The van der Waals surface area contributed by atoms with Gasteiger partial charge in [0, 0.05) is 38.9 Å². The third-order valence-corrected chi connectivity index (χ3v) is 4.99. The summed E-state index contributed by atoms with van der Waals surface area (Å²) in [7, 11) is 0. The Morgan fingerprint density at radius 1 is 1.20 bits per heavy atom. The molecule has 0 bridgehead atoms. The van der Waals surface area contributed by atoms with Gasteiger partial charge in [-0.15, -0.1) is 0 Å². The molecule has 1 unspecified atom stereocenters. The van der Waals surface area contributed by atoms with E-state index in [-0.39, 0.29) is 12.6 Å². The number of carbonyl (C=O) groups is 2. The Morgan fingerprint density at radius 2 is 2.00 bits per heavy atom. The van der Waals surface area contributed by atoms with E-state index in [0.717, 1.165) is 30.9 Å². The van der Waals surface area contributed by atoms with Crippen molar-refractivity contribution in [3.63, 3.8) is 0 Å². The second-order valence-corrected chi connectivity index (χ2v) is 6.85. The maximum absolute atomic E-state index is 12.3. The average Bonchev–Trinajstić information content (AvgIpc) is 2.67. The van der Waals surface area contributed by atoms with Crippen molar-refractivity contribution in [1.82, 2.24) is 15.2 Å². The number of aliphatic carboxylic acids is 1. The molecule has 3 heterocycles. The summed E-state index contributed by atoms with van der Waals surface area (Å²) >= 11 is 0. The molecule has 0 radical (unpaired) electrons. The molecular formula is C18H26N4O3. The maximum atomic E-state index is 12.3. The molecule has 0 aliphatic carbocycles. The number of carboxylic acids is 1. The Labute approximate surface area is 148 Å². The lowest BCUT2D eigenvalue weighted by atomic mass is 9.99. The molecule has 1 aromatic rings. The van der Waals surface area contributed by atoms with Crippen molar-refractivity contribution in [2.24, 2.45) is 5.92 Å². The van der Waals surface area contributed by atoms with E-state index in [0.29, 0.717) is 19.5 Å². The van der Waals surface area contributed by atoms with E-state index < -0.39 is 11.9 Å². The minimum absolute atomic E-state index is 0.192. The molecule has 3 rings (SSSR count). The number of pyridine rings is 1. The molecule has 2 aliphatic rings. The Hall–Kier alpha value is -2.31. The van der Waals surface area contributed by atoms with Gasteiger partial charge in [0.15, 0.2) is 0 Å². The van der Waals surface area contributed by atoms with E-state index >= 15 is 0 Å². The van der Waals surface area contributed by atoms with Crippen molar-refractivity contribution in [2.45, 2.75) is 38.6 Å². The summed E-state index contributed by atoms with van der Waals surface area (Å²) in [4.78, 5) is 31.8. The minimum atomic E-state index is -0.821. The molecule has 2 N–H and O–H groups in total. The van der Waals surface area contributed by atoms with Gasteiger partial charge in [-0.05, 0) is 49.8 Å². The molecule has 2 amide bonds. The van der Waals surface area contributed by atoms with Crippen LogP contribution in [0.3, 0.4) is 0 Å². The number of aromatic nitrogens is 1. The number of hydrogen-bond acceptors (Lipinski definition) is 4. The van der Waals surface area contributed by atoms with Gasteiger partial charge in [0.2, 0.25) is 0 Å². The first-order chi connectivity index (χ1) is 12.1. The predicted molar refractivity (Wildman–Crippen MR) is 94.5 cm³/mol. The van der Waals surface area contributed by atoms with E-state index in [4.69, 9.17) is 5.11 Å². The first-order valence-electron chi connectivity index (χ1n) is 9.09. The van der Waals surface area contributed by atoms with E-state index in [9.17, 15) is 9.59 Å². The van der Waals surface area contributed by atoms with Crippen molar-refractivity contribution < 1.29 is 14.7 Å². The van der Waals surface area contributed by atoms with Crippen LogP contribution >= 0.6 is 0 Å². The number of piperidine rings is 2. The Balaban J connectivity index is 1.54. The second kappa shape index (κ2) is 8.18. The van der Waals surface area contributed by atoms with Crippen molar-refractivity contribution in [3.8, 4) is 0 Å². The van der Waals surface area contributed by atoms with Crippen LogP contribution < -0.4 is 10.2 Å². The number of hydrogen-bond donors (Lipinski definition) is 2. The molecule has 25 heavy (non-hydrogen) atoms. The van der Waals surface area contributed by atoms with E-state index in [2.05, 4.69) is 15.2 Å². The highest BCUT2D eigenvalue weighted by Crippen LogP contribution is 2.19. The van der Waals surface area contributed by atoms with Crippen molar-refractivity contribution in [3.05, 3.63) is 23.9 Å². The number of rotatable bonds is 4. The monoisotopic (exact) mass is 346 g/mol. The van der Waals surface area contributed by atoms with Gasteiger partial charge < -0.3 is 20.2 Å². The molecule has 1 aromatic heterocycles. The summed E-state index contributed by atoms with van der Waals surface area (Å²) in [6, 6.07) is 3.74. The van der Waals surface area contributed by atoms with Crippen LogP contribution in [0.2, 0.25) is 0 Å². The maximum Gasteiger partial charge on any atom is 0.317 e. The Kier molecular flexibility index (Phi) is 5.73. The lowest BCUT2D eigenvalue weighted by molar-refractivity contribution is -0.143. The summed E-state index contributed by atoms with van der Waals surface area (Å²) in [6.45, 7) is 3.40. The fourth-order valence-electron chi connectivity index (χ4n) is 3.52. The van der Waals surface area contributed by atoms with E-state index in [1.165, 1.54) is 19.3 Å². The fourth-order valence-corrected chi connectivity index (χ4v) is 3.52. The zero-order valence-corrected chi connectivity index (χ0v) is 14.5. The van der Waals surface area contributed by atoms with Gasteiger partial charge in [0.1, 0.15) is 5.82 Å². The van der Waals surface area contributed by atoms with Gasteiger partial charge in [-0.1, -0.05) is 0 Å². The van der Waals surface area contributed by atoms with Gasteiger partial charge in [-0.2, -0.15) is 0 Å². The molecule has 2 aliphatic heterocycles. The number of amides is 2. The van der Waals surface area contributed by atoms with E-state index in [1.54, 1.807) is 11.1 Å². The lowest BCUT2D eigenvalue weighted by Gasteiger charge is -2.31. The highest BCUT2D eigenvalue weighted by molar-refractivity contribution is 5.76. The van der Waals surface area contributed by atoms with Crippen LogP contribution in [-0.2, 0) is 11.3 Å². The molecule has 136 valence electrons. The van der Waals surface area contributed by atoms with Crippen LogP contribution in [0.1, 0.15) is 37.7 Å². The fraction of sp³-hybridized carbons (Fsp3) is 0.611. The topological polar surface area (TPSA) is 85.8 Å². The smallest absolute Gasteiger partial charge is 0.317 e.